The van der Waals surface area contributed by atoms with Crippen molar-refractivity contribution in [3.63, 3.8) is 0 Å². The van der Waals surface area contributed by atoms with Gasteiger partial charge in [0.15, 0.2) is 0 Å². The number of ether oxygens (including phenoxy) is 1. The van der Waals surface area contributed by atoms with Crippen LogP contribution in [-0.4, -0.2) is 35.0 Å². The first-order valence-electron chi connectivity index (χ1n) is 13.5. The van der Waals surface area contributed by atoms with Crippen molar-refractivity contribution in [2.24, 2.45) is 51.2 Å². The summed E-state index contributed by atoms with van der Waals surface area (Å²) < 4.78 is 6.21. The number of carboxylic acids is 1. The SMILES string of the molecule is C=C(C)[C@@H]1CC[C@]2(C(=O)O)CC[C@]3(C)[C@@H](CC[C@@H]4[C@@]5(C)CCO[C@@](C)(CO)[C@H]5CC[C@]43C)[C@@H]12. The number of aliphatic hydroxyl groups excluding tert-OH is 1. The van der Waals surface area contributed by atoms with Crippen LogP contribution >= 0.6 is 0 Å². The average Bonchev–Trinajstić information content (AvgIpc) is 3.15. The van der Waals surface area contributed by atoms with Gasteiger partial charge < -0.3 is 14.9 Å². The average molecular weight is 459 g/mol. The van der Waals surface area contributed by atoms with E-state index in [2.05, 4.69) is 41.2 Å². The van der Waals surface area contributed by atoms with Gasteiger partial charge in [0.25, 0.3) is 0 Å². The molecule has 186 valence electrons. The highest BCUT2D eigenvalue weighted by Crippen LogP contribution is 2.76. The Kier molecular flexibility index (Phi) is 5.29. The van der Waals surface area contributed by atoms with Crippen LogP contribution in [0.1, 0.15) is 92.4 Å². The second kappa shape index (κ2) is 7.32. The van der Waals surface area contributed by atoms with Gasteiger partial charge in [0, 0.05) is 6.61 Å². The third-order valence-corrected chi connectivity index (χ3v) is 12.9. The maximum Gasteiger partial charge on any atom is 0.309 e. The Bertz CT molecular complexity index is 853. The van der Waals surface area contributed by atoms with Crippen molar-refractivity contribution in [2.45, 2.75) is 98.0 Å². The number of carboxylic acid groups (broad SMARTS) is 1. The molecule has 1 heterocycles. The maximum absolute atomic E-state index is 12.7. The predicted octanol–water partition coefficient (Wildman–Crippen LogP) is 6.08. The van der Waals surface area contributed by atoms with Crippen LogP contribution < -0.4 is 0 Å². The standard InChI is InChI=1S/C29H46O4/c1-18(2)19-9-12-29(24(31)32)14-13-26(4)20(23(19)29)7-8-21-25(3)15-16-33-28(6,17-30)22(25)10-11-27(21,26)5/h19-23,30H,1,7-17H2,2-6H3,(H,31,32)/t19-,20-,21+,22-,23+,25+,26+,27+,28-,29-/m0/s1. The van der Waals surface area contributed by atoms with E-state index in [9.17, 15) is 15.0 Å². The third-order valence-electron chi connectivity index (χ3n) is 12.9. The molecule has 2 N–H and O–H groups in total. The molecular weight excluding hydrogens is 412 g/mol. The summed E-state index contributed by atoms with van der Waals surface area (Å²) in [4.78, 5) is 12.7. The van der Waals surface area contributed by atoms with Crippen molar-refractivity contribution in [3.05, 3.63) is 12.2 Å². The van der Waals surface area contributed by atoms with Gasteiger partial charge in [0.05, 0.1) is 17.6 Å². The van der Waals surface area contributed by atoms with Crippen LogP contribution in [0.4, 0.5) is 0 Å². The number of rotatable bonds is 3. The molecule has 0 aromatic rings. The van der Waals surface area contributed by atoms with Gasteiger partial charge in [-0.15, -0.1) is 0 Å². The third kappa shape index (κ3) is 2.80. The van der Waals surface area contributed by atoms with Gasteiger partial charge >= 0.3 is 5.97 Å². The molecule has 5 rings (SSSR count). The number of carbonyl (C=O) groups is 1. The fourth-order valence-corrected chi connectivity index (χ4v) is 11.0. The van der Waals surface area contributed by atoms with Gasteiger partial charge in [0.1, 0.15) is 0 Å². The Morgan fingerprint density at radius 1 is 0.939 bits per heavy atom. The van der Waals surface area contributed by atoms with E-state index in [-0.39, 0.29) is 28.8 Å². The molecule has 0 spiro atoms. The quantitative estimate of drug-likeness (QED) is 0.503. The molecule has 0 radical (unpaired) electrons. The summed E-state index contributed by atoms with van der Waals surface area (Å²) in [6, 6.07) is 0. The summed E-state index contributed by atoms with van der Waals surface area (Å²) in [5, 5.41) is 20.8. The van der Waals surface area contributed by atoms with Gasteiger partial charge in [0.2, 0.25) is 0 Å². The summed E-state index contributed by atoms with van der Waals surface area (Å²) in [7, 11) is 0. The molecule has 4 nitrogen and oxygen atoms in total. The van der Waals surface area contributed by atoms with Gasteiger partial charge in [-0.2, -0.15) is 0 Å². The van der Waals surface area contributed by atoms with Crippen molar-refractivity contribution >= 4 is 5.97 Å². The molecule has 33 heavy (non-hydrogen) atoms. The van der Waals surface area contributed by atoms with E-state index >= 15 is 0 Å². The maximum atomic E-state index is 12.7. The molecule has 1 saturated heterocycles. The molecule has 0 unspecified atom stereocenters. The van der Waals surface area contributed by atoms with E-state index in [1.54, 1.807) is 0 Å². The van der Waals surface area contributed by atoms with Crippen LogP contribution in [0, 0.1) is 51.2 Å². The van der Waals surface area contributed by atoms with Crippen molar-refractivity contribution < 1.29 is 19.7 Å². The number of hydrogen-bond donors (Lipinski definition) is 2. The molecule has 5 fully saturated rings. The Labute approximate surface area is 200 Å². The number of hydrogen-bond acceptors (Lipinski definition) is 3. The fraction of sp³-hybridized carbons (Fsp3) is 0.897. The number of fused-ring (bicyclic) bond motifs is 7. The molecular formula is C29H46O4. The Balaban J connectivity index is 1.56. The van der Waals surface area contributed by atoms with Gasteiger partial charge in [-0.05, 0) is 117 Å². The molecule has 5 aliphatic rings. The summed E-state index contributed by atoms with van der Waals surface area (Å²) in [5.41, 5.74) is 0.723. The Hall–Kier alpha value is -0.870. The van der Waals surface area contributed by atoms with E-state index in [4.69, 9.17) is 4.74 Å². The fourth-order valence-electron chi connectivity index (χ4n) is 11.0. The van der Waals surface area contributed by atoms with Crippen molar-refractivity contribution in [1.29, 1.82) is 0 Å². The van der Waals surface area contributed by atoms with Crippen molar-refractivity contribution in [2.75, 3.05) is 13.2 Å². The first-order valence-corrected chi connectivity index (χ1v) is 13.5. The van der Waals surface area contributed by atoms with Crippen LogP contribution in [0.15, 0.2) is 12.2 Å². The monoisotopic (exact) mass is 458 g/mol. The molecule has 4 saturated carbocycles. The molecule has 0 bridgehead atoms. The van der Waals surface area contributed by atoms with Gasteiger partial charge in [-0.1, -0.05) is 32.9 Å². The van der Waals surface area contributed by atoms with Crippen molar-refractivity contribution in [3.8, 4) is 0 Å². The minimum absolute atomic E-state index is 0.0973. The number of aliphatic hydroxyl groups is 1. The van der Waals surface area contributed by atoms with E-state index in [1.165, 1.54) is 12.0 Å². The first kappa shape index (κ1) is 23.9. The van der Waals surface area contributed by atoms with Crippen LogP contribution in [0.5, 0.6) is 0 Å². The highest BCUT2D eigenvalue weighted by molar-refractivity contribution is 5.76. The minimum Gasteiger partial charge on any atom is -0.481 e. The Morgan fingerprint density at radius 3 is 2.30 bits per heavy atom. The second-order valence-electron chi connectivity index (χ2n) is 13.7. The minimum atomic E-state index is -0.551. The van der Waals surface area contributed by atoms with E-state index in [0.717, 1.165) is 58.0 Å². The smallest absolute Gasteiger partial charge is 0.309 e. The zero-order chi connectivity index (χ0) is 24.0. The number of aliphatic carboxylic acids is 1. The molecule has 1 aliphatic heterocycles. The lowest BCUT2D eigenvalue weighted by atomic mass is 9.33. The summed E-state index contributed by atoms with van der Waals surface area (Å²) in [6.45, 7) is 17.0. The lowest BCUT2D eigenvalue weighted by Gasteiger charge is -2.72. The Morgan fingerprint density at radius 2 is 1.67 bits per heavy atom. The normalized spacial score (nSPS) is 55.6. The first-order chi connectivity index (χ1) is 15.4. The summed E-state index contributed by atoms with van der Waals surface area (Å²) >= 11 is 0. The molecule has 4 heteroatoms. The largest absolute Gasteiger partial charge is 0.481 e. The highest BCUT2D eigenvalue weighted by Gasteiger charge is 2.72. The lowest BCUT2D eigenvalue weighted by Crippen LogP contribution is -2.68. The van der Waals surface area contributed by atoms with Crippen molar-refractivity contribution in [1.82, 2.24) is 0 Å². The zero-order valence-electron chi connectivity index (χ0n) is 21.6. The van der Waals surface area contributed by atoms with Crippen LogP contribution in [0.3, 0.4) is 0 Å². The molecule has 10 atom stereocenters. The van der Waals surface area contributed by atoms with E-state index in [0.29, 0.717) is 23.7 Å². The zero-order valence-corrected chi connectivity index (χ0v) is 21.6. The summed E-state index contributed by atoms with van der Waals surface area (Å²) in [5.74, 6) is 1.46. The summed E-state index contributed by atoms with van der Waals surface area (Å²) in [6.07, 6.45) is 9.32. The second-order valence-corrected chi connectivity index (χ2v) is 13.7. The van der Waals surface area contributed by atoms with Gasteiger partial charge in [-0.25, -0.2) is 0 Å². The van der Waals surface area contributed by atoms with E-state index < -0.39 is 17.0 Å². The predicted molar refractivity (Wildman–Crippen MR) is 130 cm³/mol. The molecule has 0 aromatic heterocycles. The lowest BCUT2D eigenvalue weighted by molar-refractivity contribution is -0.271. The molecule has 4 aliphatic carbocycles. The molecule has 0 amide bonds. The number of allylic oxidation sites excluding steroid dienone is 1. The van der Waals surface area contributed by atoms with E-state index in [1.807, 2.05) is 0 Å². The highest BCUT2D eigenvalue weighted by atomic mass is 16.5. The van der Waals surface area contributed by atoms with Crippen LogP contribution in [0.25, 0.3) is 0 Å². The van der Waals surface area contributed by atoms with Crippen LogP contribution in [-0.2, 0) is 9.53 Å². The van der Waals surface area contributed by atoms with Gasteiger partial charge in [-0.3, -0.25) is 4.79 Å². The van der Waals surface area contributed by atoms with Crippen LogP contribution in [0.2, 0.25) is 0 Å². The molecule has 0 aromatic carbocycles. The topological polar surface area (TPSA) is 66.8 Å².